The third kappa shape index (κ3) is 1.91. The molecule has 5 heteroatoms. The predicted octanol–water partition coefficient (Wildman–Crippen LogP) is 1.71. The second-order valence-electron chi connectivity index (χ2n) is 4.96. The Bertz CT molecular complexity index is 462. The molecule has 0 bridgehead atoms. The number of halogens is 1. The molecule has 1 fully saturated rings. The second-order valence-corrected chi connectivity index (χ2v) is 5.88. The molecule has 0 aliphatic carbocycles. The summed E-state index contributed by atoms with van der Waals surface area (Å²) in [4.78, 5) is 6.70. The van der Waals surface area contributed by atoms with Crippen molar-refractivity contribution in [2.75, 3.05) is 24.5 Å². The molecule has 2 aliphatic heterocycles. The Balaban J connectivity index is 1.96. The normalized spacial score (nSPS) is 22.3. The Kier molecular flexibility index (Phi) is 3.03. The minimum absolute atomic E-state index is 0.0865. The fraction of sp³-hybridized carbons (Fsp3) is 0.462. The van der Waals surface area contributed by atoms with E-state index in [4.69, 9.17) is 5.73 Å². The van der Waals surface area contributed by atoms with Crippen LogP contribution in [-0.2, 0) is 0 Å². The summed E-state index contributed by atoms with van der Waals surface area (Å²) in [6.45, 7) is 2.89. The molecule has 3 rings (SSSR count). The summed E-state index contributed by atoms with van der Waals surface area (Å²) in [6.07, 6.45) is 2.18. The zero-order valence-corrected chi connectivity index (χ0v) is 11.8. The number of hydrogen-bond acceptors (Lipinski definition) is 4. The molecule has 96 valence electrons. The van der Waals surface area contributed by atoms with Gasteiger partial charge in [0.25, 0.3) is 0 Å². The average Bonchev–Trinajstić information content (AvgIpc) is 2.69. The van der Waals surface area contributed by atoms with Gasteiger partial charge in [0.1, 0.15) is 0 Å². The first-order chi connectivity index (χ1) is 8.71. The van der Waals surface area contributed by atoms with Gasteiger partial charge in [-0.05, 0) is 50.2 Å². The topological polar surface area (TPSA) is 53.6 Å². The summed E-state index contributed by atoms with van der Waals surface area (Å²) in [7, 11) is 0. The molecule has 1 aromatic rings. The van der Waals surface area contributed by atoms with Gasteiger partial charge in [-0.15, -0.1) is 0 Å². The lowest BCUT2D eigenvalue weighted by Gasteiger charge is -2.42. The van der Waals surface area contributed by atoms with Gasteiger partial charge in [0, 0.05) is 10.2 Å². The van der Waals surface area contributed by atoms with Crippen LogP contribution in [0.2, 0.25) is 0 Å². The first kappa shape index (κ1) is 12.0. The highest BCUT2D eigenvalue weighted by Crippen LogP contribution is 2.35. The van der Waals surface area contributed by atoms with E-state index in [1.54, 1.807) is 0 Å². The number of rotatable bonds is 1. The molecule has 1 spiro atoms. The van der Waals surface area contributed by atoms with Crippen LogP contribution in [0.4, 0.5) is 5.69 Å². The molecule has 2 heterocycles. The number of nitrogens with two attached hydrogens (primary N) is 1. The smallest absolute Gasteiger partial charge is 0.196 e. The number of hydrogen-bond donors (Lipinski definition) is 2. The molecule has 18 heavy (non-hydrogen) atoms. The van der Waals surface area contributed by atoms with E-state index >= 15 is 0 Å². The fourth-order valence-electron chi connectivity index (χ4n) is 2.88. The van der Waals surface area contributed by atoms with Crippen LogP contribution in [0.5, 0.6) is 0 Å². The minimum Gasteiger partial charge on any atom is -0.369 e. The van der Waals surface area contributed by atoms with Gasteiger partial charge in [-0.25, -0.2) is 0 Å². The summed E-state index contributed by atoms with van der Waals surface area (Å²) in [5, 5.41) is 3.41. The highest BCUT2D eigenvalue weighted by molar-refractivity contribution is 9.10. The molecule has 0 radical (unpaired) electrons. The zero-order valence-electron chi connectivity index (χ0n) is 10.2. The number of nitrogens with zero attached hydrogens (tertiary/aromatic N) is 2. The second kappa shape index (κ2) is 4.55. The Morgan fingerprint density at radius 2 is 1.89 bits per heavy atom. The SMILES string of the molecule is NC1=NCC2(CCNCC2)N1c1ccc(Br)cc1. The summed E-state index contributed by atoms with van der Waals surface area (Å²) in [5.41, 5.74) is 7.32. The third-order valence-corrected chi connectivity index (χ3v) is 4.39. The van der Waals surface area contributed by atoms with Crippen LogP contribution in [0.3, 0.4) is 0 Å². The van der Waals surface area contributed by atoms with E-state index < -0.39 is 0 Å². The van der Waals surface area contributed by atoms with E-state index in [9.17, 15) is 0 Å². The highest BCUT2D eigenvalue weighted by atomic mass is 79.9. The van der Waals surface area contributed by atoms with Crippen LogP contribution in [0.25, 0.3) is 0 Å². The van der Waals surface area contributed by atoms with Crippen molar-refractivity contribution in [1.82, 2.24) is 5.32 Å². The molecule has 0 saturated carbocycles. The maximum Gasteiger partial charge on any atom is 0.196 e. The summed E-state index contributed by atoms with van der Waals surface area (Å²) < 4.78 is 1.08. The Morgan fingerprint density at radius 3 is 2.56 bits per heavy atom. The summed E-state index contributed by atoms with van der Waals surface area (Å²) in [6, 6.07) is 8.30. The van der Waals surface area contributed by atoms with Crippen LogP contribution < -0.4 is 16.0 Å². The largest absolute Gasteiger partial charge is 0.369 e. The molecule has 4 nitrogen and oxygen atoms in total. The minimum atomic E-state index is 0.0865. The van der Waals surface area contributed by atoms with E-state index in [0.717, 1.165) is 42.6 Å². The molecule has 0 amide bonds. The maximum atomic E-state index is 6.10. The number of guanidine groups is 1. The Hall–Kier alpha value is -1.07. The van der Waals surface area contributed by atoms with Crippen molar-refractivity contribution < 1.29 is 0 Å². The molecular weight excluding hydrogens is 292 g/mol. The standard InChI is InChI=1S/C13H17BrN4/c14-10-1-3-11(4-2-10)18-12(15)17-9-13(18)5-7-16-8-6-13/h1-4,16H,5-9H2,(H2,15,17). The van der Waals surface area contributed by atoms with Crippen LogP contribution in [0.15, 0.2) is 33.7 Å². The lowest BCUT2D eigenvalue weighted by atomic mass is 9.87. The monoisotopic (exact) mass is 308 g/mol. The number of anilines is 1. The molecule has 0 unspecified atom stereocenters. The maximum absolute atomic E-state index is 6.10. The van der Waals surface area contributed by atoms with Gasteiger partial charge < -0.3 is 16.0 Å². The van der Waals surface area contributed by atoms with Crippen molar-refractivity contribution in [3.05, 3.63) is 28.7 Å². The first-order valence-electron chi connectivity index (χ1n) is 6.28. The number of piperidine rings is 1. The van der Waals surface area contributed by atoms with Gasteiger partial charge >= 0.3 is 0 Å². The number of aliphatic imine (C=N–C) groups is 1. The van der Waals surface area contributed by atoms with Gasteiger partial charge in [0.2, 0.25) is 0 Å². The van der Waals surface area contributed by atoms with Crippen LogP contribution in [-0.4, -0.2) is 31.1 Å². The van der Waals surface area contributed by atoms with Crippen molar-refractivity contribution >= 4 is 27.6 Å². The van der Waals surface area contributed by atoms with Gasteiger partial charge in [-0.2, -0.15) is 0 Å². The molecule has 2 aliphatic rings. The van der Waals surface area contributed by atoms with Crippen molar-refractivity contribution in [1.29, 1.82) is 0 Å². The zero-order chi connectivity index (χ0) is 12.6. The molecule has 0 atom stereocenters. The van der Waals surface area contributed by atoms with Gasteiger partial charge in [-0.1, -0.05) is 15.9 Å². The van der Waals surface area contributed by atoms with Crippen molar-refractivity contribution in [2.45, 2.75) is 18.4 Å². The summed E-state index contributed by atoms with van der Waals surface area (Å²) >= 11 is 3.47. The predicted molar refractivity (Wildman–Crippen MR) is 77.9 cm³/mol. The molecule has 0 aromatic heterocycles. The van der Waals surface area contributed by atoms with E-state index in [-0.39, 0.29) is 5.54 Å². The van der Waals surface area contributed by atoms with Crippen molar-refractivity contribution in [3.63, 3.8) is 0 Å². The van der Waals surface area contributed by atoms with E-state index in [1.807, 2.05) is 0 Å². The lowest BCUT2D eigenvalue weighted by Crippen LogP contribution is -2.56. The highest BCUT2D eigenvalue weighted by Gasteiger charge is 2.43. The quantitative estimate of drug-likeness (QED) is 0.830. The van der Waals surface area contributed by atoms with E-state index in [1.165, 1.54) is 0 Å². The fourth-order valence-corrected chi connectivity index (χ4v) is 3.15. The van der Waals surface area contributed by atoms with Gasteiger partial charge in [-0.3, -0.25) is 4.99 Å². The van der Waals surface area contributed by atoms with Gasteiger partial charge in [0.15, 0.2) is 5.96 Å². The lowest BCUT2D eigenvalue weighted by molar-refractivity contribution is 0.332. The van der Waals surface area contributed by atoms with Crippen LogP contribution in [0.1, 0.15) is 12.8 Å². The number of nitrogens with one attached hydrogen (secondary N) is 1. The Labute approximate surface area is 115 Å². The van der Waals surface area contributed by atoms with E-state index in [0.29, 0.717) is 5.96 Å². The first-order valence-corrected chi connectivity index (χ1v) is 7.07. The molecular formula is C13H17BrN4. The van der Waals surface area contributed by atoms with Crippen molar-refractivity contribution in [2.24, 2.45) is 10.7 Å². The average molecular weight is 309 g/mol. The van der Waals surface area contributed by atoms with Crippen LogP contribution in [0, 0.1) is 0 Å². The Morgan fingerprint density at radius 1 is 1.22 bits per heavy atom. The third-order valence-electron chi connectivity index (χ3n) is 3.86. The molecule has 1 aromatic carbocycles. The van der Waals surface area contributed by atoms with Crippen LogP contribution >= 0.6 is 15.9 Å². The number of benzene rings is 1. The molecule has 1 saturated heterocycles. The van der Waals surface area contributed by atoms with Crippen molar-refractivity contribution in [3.8, 4) is 0 Å². The molecule has 3 N–H and O–H groups in total. The van der Waals surface area contributed by atoms with E-state index in [2.05, 4.69) is 55.4 Å². The summed E-state index contributed by atoms with van der Waals surface area (Å²) in [5.74, 6) is 0.652. The van der Waals surface area contributed by atoms with Gasteiger partial charge in [0.05, 0.1) is 12.1 Å².